The first-order valence-electron chi connectivity index (χ1n) is 4.80. The highest BCUT2D eigenvalue weighted by molar-refractivity contribution is 9.10. The second-order valence-electron chi connectivity index (χ2n) is 4.41. The molecule has 3 N–H and O–H groups in total. The van der Waals surface area contributed by atoms with Crippen LogP contribution in [-0.2, 0) is 0 Å². The maximum atomic E-state index is 13.6. The normalized spacial score (nSPS) is 13.9. The molecule has 0 spiro atoms. The van der Waals surface area contributed by atoms with Gasteiger partial charge in [0, 0.05) is 28.1 Å². The smallest absolute Gasteiger partial charge is 0.132 e. The highest BCUT2D eigenvalue weighted by Gasteiger charge is 2.31. The topological polar surface area (TPSA) is 46.2 Å². The van der Waals surface area contributed by atoms with Crippen LogP contribution in [0.15, 0.2) is 16.6 Å². The van der Waals surface area contributed by atoms with Crippen LogP contribution in [0.1, 0.15) is 25.5 Å². The number of nitrogens with two attached hydrogens (primary N) is 1. The van der Waals surface area contributed by atoms with Crippen molar-refractivity contribution < 1.29 is 13.9 Å². The van der Waals surface area contributed by atoms with Crippen LogP contribution in [0.3, 0.4) is 0 Å². The minimum Gasteiger partial charge on any atom is -0.396 e. The number of rotatable bonds is 3. The van der Waals surface area contributed by atoms with Crippen LogP contribution in [0.25, 0.3) is 0 Å². The van der Waals surface area contributed by atoms with Crippen molar-refractivity contribution >= 4 is 15.9 Å². The molecule has 5 heteroatoms. The molecule has 16 heavy (non-hydrogen) atoms. The lowest BCUT2D eigenvalue weighted by atomic mass is 9.81. The maximum absolute atomic E-state index is 13.6. The van der Waals surface area contributed by atoms with Gasteiger partial charge in [-0.1, -0.05) is 29.8 Å². The lowest BCUT2D eigenvalue weighted by molar-refractivity contribution is 0.129. The van der Waals surface area contributed by atoms with Gasteiger partial charge in [0.05, 0.1) is 0 Å². The van der Waals surface area contributed by atoms with Crippen LogP contribution >= 0.6 is 15.9 Å². The highest BCUT2D eigenvalue weighted by Crippen LogP contribution is 2.34. The minimum absolute atomic E-state index is 0.192. The Labute approximate surface area is 102 Å². The standard InChI is InChI=1S/C11H14BrF2NO/c1-11(2,5-16)10(15)9-7(13)3-6(12)4-8(9)14/h3-4,10,16H,5,15H2,1-2H3/t10-/m1/s1. The second-order valence-corrected chi connectivity index (χ2v) is 5.32. The zero-order valence-electron chi connectivity index (χ0n) is 9.10. The van der Waals surface area contributed by atoms with Crippen LogP contribution < -0.4 is 5.73 Å². The molecule has 2 nitrogen and oxygen atoms in total. The fourth-order valence-corrected chi connectivity index (χ4v) is 1.74. The average Bonchev–Trinajstić information content (AvgIpc) is 2.15. The van der Waals surface area contributed by atoms with Gasteiger partial charge in [0.25, 0.3) is 0 Å². The Kier molecular flexibility index (Phi) is 4.04. The minimum atomic E-state index is -0.898. The van der Waals surface area contributed by atoms with Gasteiger partial charge in [-0.3, -0.25) is 0 Å². The molecule has 0 saturated heterocycles. The molecule has 1 aromatic rings. The maximum Gasteiger partial charge on any atom is 0.132 e. The third-order valence-corrected chi connectivity index (χ3v) is 3.06. The Morgan fingerprint density at radius 2 is 1.81 bits per heavy atom. The molecule has 0 aliphatic rings. The number of hydrogen-bond acceptors (Lipinski definition) is 2. The quantitative estimate of drug-likeness (QED) is 0.900. The predicted octanol–water partition coefficient (Wildman–Crippen LogP) is 2.75. The summed E-state index contributed by atoms with van der Waals surface area (Å²) < 4.78 is 27.5. The van der Waals surface area contributed by atoms with Gasteiger partial charge in [-0.05, 0) is 12.1 Å². The number of benzene rings is 1. The van der Waals surface area contributed by atoms with E-state index in [1.54, 1.807) is 13.8 Å². The summed E-state index contributed by atoms with van der Waals surface area (Å²) in [5.41, 5.74) is 4.81. The Balaban J connectivity index is 3.24. The fraction of sp³-hybridized carbons (Fsp3) is 0.455. The molecule has 90 valence electrons. The van der Waals surface area contributed by atoms with Crippen molar-refractivity contribution in [2.24, 2.45) is 11.1 Å². The number of aliphatic hydroxyl groups is 1. The van der Waals surface area contributed by atoms with E-state index in [2.05, 4.69) is 15.9 Å². The summed E-state index contributed by atoms with van der Waals surface area (Å²) in [4.78, 5) is 0. The molecule has 0 unspecified atom stereocenters. The monoisotopic (exact) mass is 293 g/mol. The van der Waals surface area contributed by atoms with Crippen molar-refractivity contribution in [1.29, 1.82) is 0 Å². The Bertz CT molecular complexity index is 373. The van der Waals surface area contributed by atoms with Crippen LogP contribution in [-0.4, -0.2) is 11.7 Å². The third-order valence-electron chi connectivity index (χ3n) is 2.60. The van der Waals surface area contributed by atoms with E-state index in [1.165, 1.54) is 0 Å². The van der Waals surface area contributed by atoms with Gasteiger partial charge in [0.2, 0.25) is 0 Å². The summed E-state index contributed by atoms with van der Waals surface area (Å²) in [5, 5.41) is 9.13. The van der Waals surface area contributed by atoms with Gasteiger partial charge in [0.1, 0.15) is 11.6 Å². The molecule has 0 aliphatic carbocycles. The lowest BCUT2D eigenvalue weighted by Crippen LogP contribution is -2.33. The molecule has 0 radical (unpaired) electrons. The van der Waals surface area contributed by atoms with E-state index < -0.39 is 23.1 Å². The van der Waals surface area contributed by atoms with Crippen molar-refractivity contribution in [3.63, 3.8) is 0 Å². The van der Waals surface area contributed by atoms with Gasteiger partial charge in [-0.2, -0.15) is 0 Å². The molecule has 1 rings (SSSR count). The first-order chi connectivity index (χ1) is 7.29. The van der Waals surface area contributed by atoms with Gasteiger partial charge >= 0.3 is 0 Å². The van der Waals surface area contributed by atoms with Crippen molar-refractivity contribution in [1.82, 2.24) is 0 Å². The van der Waals surface area contributed by atoms with Crippen LogP contribution in [0.5, 0.6) is 0 Å². The highest BCUT2D eigenvalue weighted by atomic mass is 79.9. The molecule has 0 saturated carbocycles. The molecule has 0 fully saturated rings. The lowest BCUT2D eigenvalue weighted by Gasteiger charge is -2.30. The van der Waals surface area contributed by atoms with Crippen LogP contribution in [0, 0.1) is 17.0 Å². The van der Waals surface area contributed by atoms with E-state index in [0.29, 0.717) is 4.47 Å². The van der Waals surface area contributed by atoms with Gasteiger partial charge in [0.15, 0.2) is 0 Å². The fourth-order valence-electron chi connectivity index (χ4n) is 1.34. The van der Waals surface area contributed by atoms with Crippen LogP contribution in [0.2, 0.25) is 0 Å². The summed E-state index contributed by atoms with van der Waals surface area (Å²) in [7, 11) is 0. The number of aliphatic hydroxyl groups excluding tert-OH is 1. The molecule has 1 atom stereocenters. The van der Waals surface area contributed by atoms with Gasteiger partial charge in [-0.25, -0.2) is 8.78 Å². The summed E-state index contributed by atoms with van der Waals surface area (Å²) in [5.74, 6) is -1.41. The second kappa shape index (κ2) is 4.77. The zero-order valence-corrected chi connectivity index (χ0v) is 10.7. The number of hydrogen-bond donors (Lipinski definition) is 2. The SMILES string of the molecule is CC(C)(CO)[C@H](N)c1c(F)cc(Br)cc1F. The first-order valence-corrected chi connectivity index (χ1v) is 5.60. The molecule has 0 aliphatic heterocycles. The Morgan fingerprint density at radius 1 is 1.38 bits per heavy atom. The van der Waals surface area contributed by atoms with E-state index in [0.717, 1.165) is 12.1 Å². The van der Waals surface area contributed by atoms with Gasteiger partial charge in [-0.15, -0.1) is 0 Å². The summed E-state index contributed by atoms with van der Waals surface area (Å²) in [6.07, 6.45) is 0. The molecule has 0 aromatic heterocycles. The average molecular weight is 294 g/mol. The van der Waals surface area contributed by atoms with E-state index in [-0.39, 0.29) is 12.2 Å². The molecular weight excluding hydrogens is 280 g/mol. The first kappa shape index (κ1) is 13.5. The Morgan fingerprint density at radius 3 is 2.19 bits per heavy atom. The van der Waals surface area contributed by atoms with E-state index in [9.17, 15) is 8.78 Å². The molecule has 0 heterocycles. The predicted molar refractivity (Wildman–Crippen MR) is 61.9 cm³/mol. The van der Waals surface area contributed by atoms with Crippen molar-refractivity contribution in [2.75, 3.05) is 6.61 Å². The molecule has 0 amide bonds. The zero-order chi connectivity index (χ0) is 12.5. The van der Waals surface area contributed by atoms with E-state index >= 15 is 0 Å². The summed E-state index contributed by atoms with van der Waals surface area (Å²) >= 11 is 2.99. The van der Waals surface area contributed by atoms with Crippen molar-refractivity contribution in [3.05, 3.63) is 33.8 Å². The number of halogens is 3. The Hall–Kier alpha value is -0.520. The summed E-state index contributed by atoms with van der Waals surface area (Å²) in [6, 6.07) is 1.42. The van der Waals surface area contributed by atoms with Crippen molar-refractivity contribution in [3.8, 4) is 0 Å². The largest absolute Gasteiger partial charge is 0.396 e. The third kappa shape index (κ3) is 2.59. The summed E-state index contributed by atoms with van der Waals surface area (Å²) in [6.45, 7) is 3.06. The van der Waals surface area contributed by atoms with Crippen LogP contribution in [0.4, 0.5) is 8.78 Å². The molecule has 1 aromatic carbocycles. The molecular formula is C11H14BrF2NO. The van der Waals surface area contributed by atoms with Crippen molar-refractivity contribution in [2.45, 2.75) is 19.9 Å². The van der Waals surface area contributed by atoms with Gasteiger partial charge < -0.3 is 10.8 Å². The molecule has 0 bridgehead atoms. The van der Waals surface area contributed by atoms with E-state index in [4.69, 9.17) is 10.8 Å². The van der Waals surface area contributed by atoms with E-state index in [1.807, 2.05) is 0 Å².